The van der Waals surface area contributed by atoms with Crippen LogP contribution in [0.1, 0.15) is 18.0 Å². The number of benzene rings is 1. The maximum absolute atomic E-state index is 10.9. The van der Waals surface area contributed by atoms with Crippen molar-refractivity contribution < 1.29 is 9.90 Å². The lowest BCUT2D eigenvalue weighted by molar-refractivity contribution is -0.132. The predicted octanol–water partition coefficient (Wildman–Crippen LogP) is 2.49. The van der Waals surface area contributed by atoms with E-state index >= 15 is 0 Å². The molecule has 1 heterocycles. The number of hydrogen-bond donors (Lipinski definition) is 2. The van der Waals surface area contributed by atoms with Crippen molar-refractivity contribution >= 4 is 21.9 Å². The van der Waals surface area contributed by atoms with Gasteiger partial charge in [0.25, 0.3) is 0 Å². The number of carbonyl (C=O) groups is 1. The molecule has 0 fully saturated rings. The van der Waals surface area contributed by atoms with Gasteiger partial charge in [0.15, 0.2) is 0 Å². The van der Waals surface area contributed by atoms with Crippen molar-refractivity contribution in [2.75, 3.05) is 6.54 Å². The van der Waals surface area contributed by atoms with Gasteiger partial charge in [-0.05, 0) is 24.1 Å². The first kappa shape index (κ1) is 11.4. The van der Waals surface area contributed by atoms with E-state index < -0.39 is 5.97 Å². The summed E-state index contributed by atoms with van der Waals surface area (Å²) in [6, 6.07) is 7.89. The molecule has 16 heavy (non-hydrogen) atoms. The average molecular weight is 282 g/mol. The zero-order chi connectivity index (χ0) is 11.5. The van der Waals surface area contributed by atoms with Gasteiger partial charge in [-0.3, -0.25) is 0 Å². The van der Waals surface area contributed by atoms with E-state index in [1.54, 1.807) is 6.08 Å². The monoisotopic (exact) mass is 281 g/mol. The molecule has 1 aromatic rings. The van der Waals surface area contributed by atoms with Crippen LogP contribution in [0.5, 0.6) is 0 Å². The van der Waals surface area contributed by atoms with Gasteiger partial charge in [-0.25, -0.2) is 4.79 Å². The summed E-state index contributed by atoms with van der Waals surface area (Å²) in [4.78, 5) is 10.9. The van der Waals surface area contributed by atoms with E-state index in [2.05, 4.69) is 21.2 Å². The highest BCUT2D eigenvalue weighted by atomic mass is 79.9. The van der Waals surface area contributed by atoms with Crippen molar-refractivity contribution in [3.63, 3.8) is 0 Å². The second-order valence-corrected chi connectivity index (χ2v) is 4.65. The summed E-state index contributed by atoms with van der Waals surface area (Å²) in [6.07, 6.45) is 2.37. The molecule has 4 heteroatoms. The Hall–Kier alpha value is -1.13. The van der Waals surface area contributed by atoms with Crippen LogP contribution in [-0.2, 0) is 4.79 Å². The van der Waals surface area contributed by atoms with E-state index in [-0.39, 0.29) is 6.04 Å². The predicted molar refractivity (Wildman–Crippen MR) is 65.2 cm³/mol. The molecule has 0 radical (unpaired) electrons. The van der Waals surface area contributed by atoms with Crippen LogP contribution in [0, 0.1) is 0 Å². The highest BCUT2D eigenvalue weighted by Crippen LogP contribution is 2.23. The summed E-state index contributed by atoms with van der Waals surface area (Å²) in [5, 5.41) is 12.2. The zero-order valence-electron chi connectivity index (χ0n) is 8.61. The fourth-order valence-corrected chi connectivity index (χ4v) is 2.22. The second kappa shape index (κ2) is 4.80. The third-order valence-corrected chi connectivity index (χ3v) is 3.10. The summed E-state index contributed by atoms with van der Waals surface area (Å²) >= 11 is 3.41. The van der Waals surface area contributed by atoms with E-state index in [1.165, 1.54) is 0 Å². The molecule has 1 aromatic carbocycles. The Bertz CT molecular complexity index is 442. The molecular formula is C12H12BrNO2. The standard InChI is InChI=1S/C12H12BrNO2/c13-10-3-1-2-8(6-10)11-7-9(12(15)16)4-5-14-11/h1-3,6-7,11,14H,4-5H2,(H,15,16). The minimum atomic E-state index is -0.818. The Balaban J connectivity index is 2.28. The second-order valence-electron chi connectivity index (χ2n) is 3.73. The number of aliphatic carboxylic acids is 1. The molecule has 0 aromatic heterocycles. The molecule has 0 saturated carbocycles. The van der Waals surface area contributed by atoms with Crippen LogP contribution in [0.4, 0.5) is 0 Å². The van der Waals surface area contributed by atoms with E-state index in [1.807, 2.05) is 24.3 Å². The Morgan fingerprint density at radius 2 is 2.31 bits per heavy atom. The van der Waals surface area contributed by atoms with Crippen LogP contribution >= 0.6 is 15.9 Å². The summed E-state index contributed by atoms with van der Waals surface area (Å²) in [5.74, 6) is -0.818. The van der Waals surface area contributed by atoms with Crippen LogP contribution in [0.15, 0.2) is 40.4 Å². The molecule has 3 nitrogen and oxygen atoms in total. The molecule has 2 rings (SSSR count). The maximum atomic E-state index is 10.9. The molecule has 0 amide bonds. The molecule has 1 atom stereocenters. The SMILES string of the molecule is O=C(O)C1=CC(c2cccc(Br)c2)NCC1. The molecule has 1 aliphatic heterocycles. The van der Waals surface area contributed by atoms with Crippen molar-refractivity contribution in [2.45, 2.75) is 12.5 Å². The fourth-order valence-electron chi connectivity index (χ4n) is 1.80. The topological polar surface area (TPSA) is 49.3 Å². The summed E-state index contributed by atoms with van der Waals surface area (Å²) in [7, 11) is 0. The number of hydrogen-bond acceptors (Lipinski definition) is 2. The van der Waals surface area contributed by atoms with Crippen LogP contribution in [0.25, 0.3) is 0 Å². The number of carboxylic acids is 1. The molecule has 1 aliphatic rings. The normalized spacial score (nSPS) is 20.3. The lowest BCUT2D eigenvalue weighted by Crippen LogP contribution is -2.27. The van der Waals surface area contributed by atoms with Crippen LogP contribution in [0.3, 0.4) is 0 Å². The summed E-state index contributed by atoms with van der Waals surface area (Å²) < 4.78 is 1.00. The van der Waals surface area contributed by atoms with Crippen LogP contribution in [0.2, 0.25) is 0 Å². The largest absolute Gasteiger partial charge is 0.478 e. The molecule has 84 valence electrons. The van der Waals surface area contributed by atoms with Crippen molar-refractivity contribution in [3.05, 3.63) is 46.0 Å². The van der Waals surface area contributed by atoms with Crippen LogP contribution in [-0.4, -0.2) is 17.6 Å². The molecule has 0 bridgehead atoms. The first-order valence-electron chi connectivity index (χ1n) is 5.09. The number of halogens is 1. The number of rotatable bonds is 2. The Morgan fingerprint density at radius 1 is 1.50 bits per heavy atom. The zero-order valence-corrected chi connectivity index (χ0v) is 10.2. The fraction of sp³-hybridized carbons (Fsp3) is 0.250. The molecule has 0 saturated heterocycles. The molecule has 1 unspecified atom stereocenters. The van der Waals surface area contributed by atoms with Gasteiger partial charge in [-0.2, -0.15) is 0 Å². The third-order valence-electron chi connectivity index (χ3n) is 2.61. The summed E-state index contributed by atoms with van der Waals surface area (Å²) in [5.41, 5.74) is 1.57. The first-order chi connectivity index (χ1) is 7.66. The Morgan fingerprint density at radius 3 is 3.00 bits per heavy atom. The van der Waals surface area contributed by atoms with Gasteiger partial charge in [-0.15, -0.1) is 0 Å². The minimum Gasteiger partial charge on any atom is -0.478 e. The third kappa shape index (κ3) is 2.51. The summed E-state index contributed by atoms with van der Waals surface area (Å²) in [6.45, 7) is 0.704. The number of nitrogens with one attached hydrogen (secondary N) is 1. The van der Waals surface area contributed by atoms with Gasteiger partial charge in [0.2, 0.25) is 0 Å². The molecule has 0 aliphatic carbocycles. The average Bonchev–Trinajstić information content (AvgIpc) is 2.29. The molecule has 2 N–H and O–H groups in total. The van der Waals surface area contributed by atoms with E-state index in [0.29, 0.717) is 18.5 Å². The van der Waals surface area contributed by atoms with Gasteiger partial charge in [0.1, 0.15) is 0 Å². The maximum Gasteiger partial charge on any atom is 0.331 e. The quantitative estimate of drug-likeness (QED) is 0.876. The van der Waals surface area contributed by atoms with Gasteiger partial charge in [0, 0.05) is 16.6 Å². The van der Waals surface area contributed by atoms with Gasteiger partial charge in [-0.1, -0.05) is 34.1 Å². The lowest BCUT2D eigenvalue weighted by Gasteiger charge is -2.21. The van der Waals surface area contributed by atoms with Crippen LogP contribution < -0.4 is 5.32 Å². The Labute approximate surface area is 102 Å². The number of carboxylic acid groups (broad SMARTS) is 1. The van der Waals surface area contributed by atoms with Gasteiger partial charge in [0.05, 0.1) is 6.04 Å². The highest BCUT2D eigenvalue weighted by Gasteiger charge is 2.18. The van der Waals surface area contributed by atoms with Gasteiger partial charge < -0.3 is 10.4 Å². The molecule has 0 spiro atoms. The van der Waals surface area contributed by atoms with E-state index in [9.17, 15) is 4.79 Å². The van der Waals surface area contributed by atoms with E-state index in [4.69, 9.17) is 5.11 Å². The van der Waals surface area contributed by atoms with Crippen molar-refractivity contribution in [2.24, 2.45) is 0 Å². The van der Waals surface area contributed by atoms with Crippen molar-refractivity contribution in [3.8, 4) is 0 Å². The highest BCUT2D eigenvalue weighted by molar-refractivity contribution is 9.10. The van der Waals surface area contributed by atoms with E-state index in [0.717, 1.165) is 10.0 Å². The first-order valence-corrected chi connectivity index (χ1v) is 5.89. The minimum absolute atomic E-state index is 0.00245. The Kier molecular flexibility index (Phi) is 3.41. The van der Waals surface area contributed by atoms with Crippen molar-refractivity contribution in [1.82, 2.24) is 5.32 Å². The van der Waals surface area contributed by atoms with Gasteiger partial charge >= 0.3 is 5.97 Å². The smallest absolute Gasteiger partial charge is 0.331 e. The molecular weight excluding hydrogens is 270 g/mol. The lowest BCUT2D eigenvalue weighted by atomic mass is 9.99. The van der Waals surface area contributed by atoms with Crippen molar-refractivity contribution in [1.29, 1.82) is 0 Å².